The van der Waals surface area contributed by atoms with E-state index < -0.39 is 0 Å². The zero-order valence-corrected chi connectivity index (χ0v) is 14.3. The molecule has 1 heterocycles. The number of amides is 1. The van der Waals surface area contributed by atoms with Gasteiger partial charge in [0, 0.05) is 13.0 Å². The molecular formula is C17H27ClN2O2. The second-order valence-corrected chi connectivity index (χ2v) is 6.19. The van der Waals surface area contributed by atoms with Crippen LogP contribution in [0.4, 0.5) is 0 Å². The van der Waals surface area contributed by atoms with E-state index in [-0.39, 0.29) is 23.7 Å². The lowest BCUT2D eigenvalue weighted by Crippen LogP contribution is -2.42. The summed E-state index contributed by atoms with van der Waals surface area (Å²) >= 11 is 0. The average Bonchev–Trinajstić information content (AvgIpc) is 2.52. The number of ether oxygens (including phenoxy) is 1. The van der Waals surface area contributed by atoms with Gasteiger partial charge in [0.2, 0.25) is 5.91 Å². The van der Waals surface area contributed by atoms with Crippen LogP contribution in [0.15, 0.2) is 24.3 Å². The van der Waals surface area contributed by atoms with E-state index in [2.05, 4.69) is 17.6 Å². The highest BCUT2D eigenvalue weighted by Gasteiger charge is 2.26. The van der Waals surface area contributed by atoms with Gasteiger partial charge in [-0.1, -0.05) is 19.1 Å². The SMILES string of the molecule is COc1cccc(CCC(=O)NCC2(C)CCNCC2)c1.Cl. The molecule has 0 unspecified atom stereocenters. The zero-order valence-electron chi connectivity index (χ0n) is 13.5. The van der Waals surface area contributed by atoms with Gasteiger partial charge in [-0.15, -0.1) is 12.4 Å². The molecule has 1 aliphatic heterocycles. The molecule has 1 amide bonds. The lowest BCUT2D eigenvalue weighted by molar-refractivity contribution is -0.121. The molecule has 22 heavy (non-hydrogen) atoms. The number of piperidine rings is 1. The second kappa shape index (κ2) is 9.01. The Kier molecular flexibility index (Phi) is 7.69. The summed E-state index contributed by atoms with van der Waals surface area (Å²) in [5.41, 5.74) is 1.38. The van der Waals surface area contributed by atoms with Gasteiger partial charge in [-0.25, -0.2) is 0 Å². The lowest BCUT2D eigenvalue weighted by Gasteiger charge is -2.34. The highest BCUT2D eigenvalue weighted by Crippen LogP contribution is 2.26. The van der Waals surface area contributed by atoms with E-state index >= 15 is 0 Å². The van der Waals surface area contributed by atoms with Gasteiger partial charge in [-0.2, -0.15) is 0 Å². The first kappa shape index (κ1) is 18.8. The first-order valence-corrected chi connectivity index (χ1v) is 7.72. The number of hydrogen-bond donors (Lipinski definition) is 2. The van der Waals surface area contributed by atoms with E-state index in [1.807, 2.05) is 24.3 Å². The Morgan fingerprint density at radius 3 is 2.77 bits per heavy atom. The number of methoxy groups -OCH3 is 1. The predicted octanol–water partition coefficient (Wildman–Crippen LogP) is 2.56. The van der Waals surface area contributed by atoms with Gasteiger partial charge < -0.3 is 15.4 Å². The van der Waals surface area contributed by atoms with Gasteiger partial charge >= 0.3 is 0 Å². The van der Waals surface area contributed by atoms with Crippen LogP contribution in [-0.4, -0.2) is 32.7 Å². The summed E-state index contributed by atoms with van der Waals surface area (Å²) < 4.78 is 5.20. The number of nitrogens with one attached hydrogen (secondary N) is 2. The van der Waals surface area contributed by atoms with Gasteiger partial charge in [0.15, 0.2) is 0 Å². The Labute approximate surface area is 139 Å². The third kappa shape index (κ3) is 5.85. The fourth-order valence-electron chi connectivity index (χ4n) is 2.69. The number of carbonyl (C=O) groups excluding carboxylic acids is 1. The quantitative estimate of drug-likeness (QED) is 0.844. The molecule has 0 saturated carbocycles. The van der Waals surface area contributed by atoms with Crippen LogP contribution in [0, 0.1) is 5.41 Å². The fraction of sp³-hybridized carbons (Fsp3) is 0.588. The highest BCUT2D eigenvalue weighted by atomic mass is 35.5. The number of carbonyl (C=O) groups is 1. The maximum atomic E-state index is 12.0. The normalized spacial score (nSPS) is 16.5. The van der Waals surface area contributed by atoms with E-state index in [4.69, 9.17) is 4.74 Å². The number of halogens is 1. The van der Waals surface area contributed by atoms with Crippen LogP contribution < -0.4 is 15.4 Å². The minimum absolute atomic E-state index is 0. The van der Waals surface area contributed by atoms with Crippen LogP contribution in [0.25, 0.3) is 0 Å². The third-order valence-electron chi connectivity index (χ3n) is 4.30. The molecule has 4 nitrogen and oxygen atoms in total. The molecule has 1 fully saturated rings. The highest BCUT2D eigenvalue weighted by molar-refractivity contribution is 5.85. The van der Waals surface area contributed by atoms with Crippen molar-refractivity contribution in [3.05, 3.63) is 29.8 Å². The number of benzene rings is 1. The molecule has 2 N–H and O–H groups in total. The Bertz CT molecular complexity index is 473. The Hall–Kier alpha value is -1.26. The van der Waals surface area contributed by atoms with Crippen molar-refractivity contribution >= 4 is 18.3 Å². The first-order chi connectivity index (χ1) is 10.1. The van der Waals surface area contributed by atoms with Crippen molar-refractivity contribution in [2.75, 3.05) is 26.7 Å². The van der Waals surface area contributed by atoms with Crippen LogP contribution >= 0.6 is 12.4 Å². The number of rotatable bonds is 6. The van der Waals surface area contributed by atoms with Gasteiger partial charge in [0.1, 0.15) is 5.75 Å². The summed E-state index contributed by atoms with van der Waals surface area (Å²) in [5, 5.41) is 6.45. The Morgan fingerprint density at radius 1 is 1.36 bits per heavy atom. The molecule has 0 aromatic heterocycles. The topological polar surface area (TPSA) is 50.4 Å². The van der Waals surface area contributed by atoms with Crippen molar-refractivity contribution in [1.29, 1.82) is 0 Å². The average molecular weight is 327 g/mol. The second-order valence-electron chi connectivity index (χ2n) is 6.19. The van der Waals surface area contributed by atoms with Crippen LogP contribution in [0.3, 0.4) is 0 Å². The third-order valence-corrected chi connectivity index (χ3v) is 4.30. The van der Waals surface area contributed by atoms with Crippen molar-refractivity contribution in [1.82, 2.24) is 10.6 Å². The molecule has 1 aliphatic rings. The van der Waals surface area contributed by atoms with Crippen molar-refractivity contribution < 1.29 is 9.53 Å². The maximum absolute atomic E-state index is 12.0. The molecule has 0 spiro atoms. The molecule has 1 aromatic carbocycles. The van der Waals surface area contributed by atoms with Crippen LogP contribution in [0.2, 0.25) is 0 Å². The summed E-state index contributed by atoms with van der Waals surface area (Å²) in [7, 11) is 1.66. The van der Waals surface area contributed by atoms with E-state index in [9.17, 15) is 4.79 Å². The smallest absolute Gasteiger partial charge is 0.220 e. The molecule has 5 heteroatoms. The Balaban J connectivity index is 0.00000242. The molecular weight excluding hydrogens is 300 g/mol. The van der Waals surface area contributed by atoms with Gasteiger partial charge in [0.25, 0.3) is 0 Å². The molecule has 2 rings (SSSR count). The summed E-state index contributed by atoms with van der Waals surface area (Å²) in [6.07, 6.45) is 3.54. The molecule has 0 atom stereocenters. The van der Waals surface area contributed by atoms with Crippen molar-refractivity contribution in [3.63, 3.8) is 0 Å². The number of hydrogen-bond acceptors (Lipinski definition) is 3. The summed E-state index contributed by atoms with van der Waals surface area (Å²) in [6.45, 7) is 5.15. The van der Waals surface area contributed by atoms with Crippen LogP contribution in [-0.2, 0) is 11.2 Å². The standard InChI is InChI=1S/C17H26N2O2.ClH/c1-17(8-10-18-11-9-17)13-19-16(20)7-6-14-4-3-5-15(12-14)21-2;/h3-5,12,18H,6-11,13H2,1-2H3,(H,19,20);1H. The van der Waals surface area contributed by atoms with Crippen molar-refractivity contribution in [3.8, 4) is 5.75 Å². The van der Waals surface area contributed by atoms with E-state index in [1.54, 1.807) is 7.11 Å². The minimum atomic E-state index is 0. The van der Waals surface area contributed by atoms with E-state index in [1.165, 1.54) is 0 Å². The van der Waals surface area contributed by atoms with Crippen molar-refractivity contribution in [2.24, 2.45) is 5.41 Å². The summed E-state index contributed by atoms with van der Waals surface area (Å²) in [6, 6.07) is 7.90. The van der Waals surface area contributed by atoms with Gasteiger partial charge in [-0.05, 0) is 55.5 Å². The monoisotopic (exact) mass is 326 g/mol. The van der Waals surface area contributed by atoms with Crippen molar-refractivity contribution in [2.45, 2.75) is 32.6 Å². The molecule has 1 aromatic rings. The lowest BCUT2D eigenvalue weighted by atomic mass is 9.81. The van der Waals surface area contributed by atoms with Crippen LogP contribution in [0.1, 0.15) is 31.7 Å². The molecule has 0 aliphatic carbocycles. The van der Waals surface area contributed by atoms with E-state index in [0.717, 1.165) is 50.2 Å². The zero-order chi connectivity index (χ0) is 15.1. The minimum Gasteiger partial charge on any atom is -0.497 e. The number of aryl methyl sites for hydroxylation is 1. The summed E-state index contributed by atoms with van der Waals surface area (Å²) in [5.74, 6) is 0.979. The van der Waals surface area contributed by atoms with Gasteiger partial charge in [0.05, 0.1) is 7.11 Å². The largest absolute Gasteiger partial charge is 0.497 e. The van der Waals surface area contributed by atoms with Crippen LogP contribution in [0.5, 0.6) is 5.75 Å². The molecule has 0 radical (unpaired) electrons. The molecule has 124 valence electrons. The molecule has 1 saturated heterocycles. The maximum Gasteiger partial charge on any atom is 0.220 e. The first-order valence-electron chi connectivity index (χ1n) is 7.72. The fourth-order valence-corrected chi connectivity index (χ4v) is 2.69. The Morgan fingerprint density at radius 2 is 2.09 bits per heavy atom. The van der Waals surface area contributed by atoms with E-state index in [0.29, 0.717) is 6.42 Å². The summed E-state index contributed by atoms with van der Waals surface area (Å²) in [4.78, 5) is 12.0. The van der Waals surface area contributed by atoms with Gasteiger partial charge in [-0.3, -0.25) is 4.79 Å². The molecule has 0 bridgehead atoms. The predicted molar refractivity (Wildman–Crippen MR) is 91.8 cm³/mol.